The maximum atomic E-state index is 12.2. The van der Waals surface area contributed by atoms with E-state index in [0.29, 0.717) is 8.95 Å². The molecule has 0 atom stereocenters. The number of pyridine rings is 1. The molecule has 1 aromatic heterocycles. The molecule has 0 aliphatic heterocycles. The van der Waals surface area contributed by atoms with E-state index in [1.54, 1.807) is 0 Å². The largest absolute Gasteiger partial charge is 0.294 e. The van der Waals surface area contributed by atoms with Gasteiger partial charge < -0.3 is 0 Å². The molecule has 0 aliphatic carbocycles. The maximum absolute atomic E-state index is 12.2. The van der Waals surface area contributed by atoms with Crippen LogP contribution < -0.4 is 4.72 Å². The van der Waals surface area contributed by atoms with Gasteiger partial charge in [0.25, 0.3) is 15.7 Å². The Bertz CT molecular complexity index is 811. The lowest BCUT2D eigenvalue weighted by atomic mass is 10.3. The molecule has 2 rings (SSSR count). The smallest absolute Gasteiger partial charge is 0.273 e. The average Bonchev–Trinajstić information content (AvgIpc) is 2.40. The van der Waals surface area contributed by atoms with Crippen LogP contribution in [-0.2, 0) is 10.0 Å². The Morgan fingerprint density at radius 2 is 1.86 bits per heavy atom. The lowest BCUT2D eigenvalue weighted by Crippen LogP contribution is -2.14. The number of sulfonamides is 1. The van der Waals surface area contributed by atoms with E-state index < -0.39 is 14.9 Å². The fourth-order valence-electron chi connectivity index (χ4n) is 1.49. The predicted molar refractivity (Wildman–Crippen MR) is 83.5 cm³/mol. The van der Waals surface area contributed by atoms with Gasteiger partial charge in [-0.3, -0.25) is 19.8 Å². The molecular formula is C11H7Br2N3O4S. The minimum Gasteiger partial charge on any atom is -0.273 e. The SMILES string of the molecule is O=[N+]([O-])c1cc(Br)ccc1NS(=O)(=O)c1cncc(Br)c1. The van der Waals surface area contributed by atoms with Gasteiger partial charge in [-0.2, -0.15) is 0 Å². The van der Waals surface area contributed by atoms with Crippen LogP contribution in [0.25, 0.3) is 0 Å². The molecule has 110 valence electrons. The molecule has 0 aliphatic rings. The van der Waals surface area contributed by atoms with Crippen LogP contribution in [0.5, 0.6) is 0 Å². The van der Waals surface area contributed by atoms with Crippen LogP contribution in [0.2, 0.25) is 0 Å². The first-order valence-electron chi connectivity index (χ1n) is 5.37. The van der Waals surface area contributed by atoms with E-state index in [1.165, 1.54) is 30.5 Å². The molecule has 0 radical (unpaired) electrons. The Hall–Kier alpha value is -1.52. The molecular weight excluding hydrogens is 430 g/mol. The van der Waals surface area contributed by atoms with Gasteiger partial charge in [0.15, 0.2) is 0 Å². The van der Waals surface area contributed by atoms with Gasteiger partial charge >= 0.3 is 0 Å². The number of rotatable bonds is 4. The first kappa shape index (κ1) is 15.9. The molecule has 2 aromatic rings. The molecule has 1 aromatic carbocycles. The molecule has 0 fully saturated rings. The number of nitro groups is 1. The van der Waals surface area contributed by atoms with Gasteiger partial charge in [-0.15, -0.1) is 0 Å². The van der Waals surface area contributed by atoms with Crippen LogP contribution in [0.1, 0.15) is 0 Å². The van der Waals surface area contributed by atoms with Gasteiger partial charge in [-0.1, -0.05) is 15.9 Å². The Morgan fingerprint density at radius 1 is 1.14 bits per heavy atom. The van der Waals surface area contributed by atoms with E-state index in [9.17, 15) is 18.5 Å². The first-order valence-corrected chi connectivity index (χ1v) is 8.44. The van der Waals surface area contributed by atoms with Crippen LogP contribution in [0, 0.1) is 10.1 Å². The number of hydrogen-bond donors (Lipinski definition) is 1. The third-order valence-corrected chi connectivity index (χ3v) is 4.65. The summed E-state index contributed by atoms with van der Waals surface area (Å²) in [7, 11) is -3.97. The van der Waals surface area contributed by atoms with Gasteiger partial charge in [0, 0.05) is 27.4 Å². The summed E-state index contributed by atoms with van der Waals surface area (Å²) >= 11 is 6.22. The second kappa shape index (κ2) is 6.08. The number of anilines is 1. The van der Waals surface area contributed by atoms with Gasteiger partial charge in [0.1, 0.15) is 10.6 Å². The van der Waals surface area contributed by atoms with Crippen LogP contribution in [0.4, 0.5) is 11.4 Å². The van der Waals surface area contributed by atoms with Gasteiger partial charge in [0.05, 0.1) is 4.92 Å². The van der Waals surface area contributed by atoms with Crippen molar-refractivity contribution in [1.82, 2.24) is 4.98 Å². The Labute approximate surface area is 136 Å². The van der Waals surface area contributed by atoms with Gasteiger partial charge in [-0.05, 0) is 34.1 Å². The van der Waals surface area contributed by atoms with E-state index in [1.807, 2.05) is 0 Å². The average molecular weight is 437 g/mol. The Kier molecular flexibility index (Phi) is 4.59. The highest BCUT2D eigenvalue weighted by atomic mass is 79.9. The topological polar surface area (TPSA) is 102 Å². The van der Waals surface area contributed by atoms with E-state index in [4.69, 9.17) is 0 Å². The second-order valence-electron chi connectivity index (χ2n) is 3.86. The zero-order valence-electron chi connectivity index (χ0n) is 10.2. The van der Waals surface area contributed by atoms with Crippen molar-refractivity contribution in [3.8, 4) is 0 Å². The van der Waals surface area contributed by atoms with E-state index in [2.05, 4.69) is 41.6 Å². The molecule has 21 heavy (non-hydrogen) atoms. The van der Waals surface area contributed by atoms with E-state index in [0.717, 1.165) is 6.20 Å². The summed E-state index contributed by atoms with van der Waals surface area (Å²) in [5.41, 5.74) is -0.473. The number of halogens is 2. The molecule has 0 amide bonds. The molecule has 0 bridgehead atoms. The Balaban J connectivity index is 2.44. The number of nitrogens with one attached hydrogen (secondary N) is 1. The second-order valence-corrected chi connectivity index (χ2v) is 7.38. The van der Waals surface area contributed by atoms with Crippen LogP contribution in [0.3, 0.4) is 0 Å². The number of benzene rings is 1. The zero-order valence-corrected chi connectivity index (χ0v) is 14.1. The van der Waals surface area contributed by atoms with Crippen molar-refractivity contribution >= 4 is 53.3 Å². The Morgan fingerprint density at radius 3 is 2.48 bits per heavy atom. The molecule has 0 spiro atoms. The van der Waals surface area contributed by atoms with Gasteiger partial charge in [0.2, 0.25) is 0 Å². The molecule has 10 heteroatoms. The van der Waals surface area contributed by atoms with Crippen molar-refractivity contribution in [2.75, 3.05) is 4.72 Å². The van der Waals surface area contributed by atoms with Crippen LogP contribution in [-0.4, -0.2) is 18.3 Å². The standard InChI is InChI=1S/C11H7Br2N3O4S/c12-7-1-2-10(11(4-7)16(17)18)15-21(19,20)9-3-8(13)5-14-6-9/h1-6,15H. The third-order valence-electron chi connectivity index (χ3n) is 2.39. The summed E-state index contributed by atoms with van der Waals surface area (Å²) in [4.78, 5) is 14.0. The van der Waals surface area contributed by atoms with Gasteiger partial charge in [-0.25, -0.2) is 8.42 Å². The van der Waals surface area contributed by atoms with Crippen LogP contribution in [0.15, 0.2) is 50.5 Å². The summed E-state index contributed by atoms with van der Waals surface area (Å²) < 4.78 is 27.6. The molecule has 1 heterocycles. The number of nitro benzene ring substituents is 1. The minimum absolute atomic E-state index is 0.103. The van der Waals surface area contributed by atoms with Crippen molar-refractivity contribution in [2.45, 2.75) is 4.90 Å². The summed E-state index contributed by atoms with van der Waals surface area (Å²) in [6.07, 6.45) is 2.58. The molecule has 7 nitrogen and oxygen atoms in total. The van der Waals surface area contributed by atoms with Crippen LogP contribution >= 0.6 is 31.9 Å². The molecule has 0 saturated carbocycles. The molecule has 1 N–H and O–H groups in total. The lowest BCUT2D eigenvalue weighted by molar-refractivity contribution is -0.384. The predicted octanol–water partition coefficient (Wildman–Crippen LogP) is 3.32. The molecule has 0 saturated heterocycles. The van der Waals surface area contributed by atoms with Crippen molar-refractivity contribution in [3.63, 3.8) is 0 Å². The highest BCUT2D eigenvalue weighted by molar-refractivity contribution is 9.10. The summed E-state index contributed by atoms with van der Waals surface area (Å²) in [5.74, 6) is 0. The fourth-order valence-corrected chi connectivity index (χ4v) is 3.41. The maximum Gasteiger partial charge on any atom is 0.294 e. The third kappa shape index (κ3) is 3.77. The van der Waals surface area contributed by atoms with E-state index >= 15 is 0 Å². The number of hydrogen-bond acceptors (Lipinski definition) is 5. The first-order chi connectivity index (χ1) is 9.79. The summed E-state index contributed by atoms with van der Waals surface area (Å²) in [6.45, 7) is 0. The lowest BCUT2D eigenvalue weighted by Gasteiger charge is -2.08. The zero-order chi connectivity index (χ0) is 15.6. The normalized spacial score (nSPS) is 11.1. The summed E-state index contributed by atoms with van der Waals surface area (Å²) in [5, 5.41) is 11.0. The quantitative estimate of drug-likeness (QED) is 0.584. The van der Waals surface area contributed by atoms with E-state index in [-0.39, 0.29) is 16.3 Å². The monoisotopic (exact) mass is 435 g/mol. The fraction of sp³-hybridized carbons (Fsp3) is 0. The molecule has 0 unspecified atom stereocenters. The summed E-state index contributed by atoms with van der Waals surface area (Å²) in [6, 6.07) is 5.38. The van der Waals surface area contributed by atoms with Crippen molar-refractivity contribution in [1.29, 1.82) is 0 Å². The number of nitrogens with zero attached hydrogens (tertiary/aromatic N) is 2. The van der Waals surface area contributed by atoms with Crippen molar-refractivity contribution in [3.05, 3.63) is 55.7 Å². The highest BCUT2D eigenvalue weighted by Gasteiger charge is 2.21. The highest BCUT2D eigenvalue weighted by Crippen LogP contribution is 2.30. The van der Waals surface area contributed by atoms with Crippen molar-refractivity contribution < 1.29 is 13.3 Å². The number of aromatic nitrogens is 1. The van der Waals surface area contributed by atoms with Crippen molar-refractivity contribution in [2.24, 2.45) is 0 Å². The minimum atomic E-state index is -3.97.